The van der Waals surface area contributed by atoms with Crippen LogP contribution in [0.4, 0.5) is 11.4 Å². The molecule has 0 atom stereocenters. The average Bonchev–Trinajstić information content (AvgIpc) is 3.12. The molecule has 34 heavy (non-hydrogen) atoms. The monoisotopic (exact) mass is 481 g/mol. The Morgan fingerprint density at radius 1 is 1.03 bits per heavy atom. The predicted octanol–water partition coefficient (Wildman–Crippen LogP) is 3.42. The van der Waals surface area contributed by atoms with Crippen molar-refractivity contribution in [2.24, 2.45) is 4.40 Å². The Morgan fingerprint density at radius 2 is 1.71 bits per heavy atom. The van der Waals surface area contributed by atoms with Crippen molar-refractivity contribution in [3.05, 3.63) is 94.0 Å². The van der Waals surface area contributed by atoms with Gasteiger partial charge in [-0.3, -0.25) is 10.1 Å². The molecule has 0 fully saturated rings. The van der Waals surface area contributed by atoms with Crippen molar-refractivity contribution >= 4 is 33.2 Å². The molecule has 0 N–H and O–H groups in total. The number of carbonyl (C=O) groups is 1. The fourth-order valence-corrected chi connectivity index (χ4v) is 4.72. The van der Waals surface area contributed by atoms with E-state index in [2.05, 4.69) is 4.40 Å². The Morgan fingerprint density at radius 3 is 2.41 bits per heavy atom. The van der Waals surface area contributed by atoms with Gasteiger partial charge in [0.1, 0.15) is 17.3 Å². The van der Waals surface area contributed by atoms with Gasteiger partial charge in [-0.1, -0.05) is 24.3 Å². The van der Waals surface area contributed by atoms with Crippen molar-refractivity contribution in [1.29, 1.82) is 0 Å². The van der Waals surface area contributed by atoms with Gasteiger partial charge in [0.25, 0.3) is 15.7 Å². The number of esters is 1. The molecule has 3 aromatic rings. The quantitative estimate of drug-likeness (QED) is 0.285. The summed E-state index contributed by atoms with van der Waals surface area (Å²) < 4.78 is 40.0. The van der Waals surface area contributed by atoms with Gasteiger partial charge in [0, 0.05) is 17.7 Å². The van der Waals surface area contributed by atoms with Gasteiger partial charge in [0.15, 0.2) is 5.84 Å². The molecule has 0 aromatic heterocycles. The lowest BCUT2D eigenvalue weighted by Crippen LogP contribution is -2.34. The molecule has 11 heteroatoms. The van der Waals surface area contributed by atoms with Crippen LogP contribution >= 0.6 is 0 Å². The Hall–Kier alpha value is -4.25. The lowest BCUT2D eigenvalue weighted by molar-refractivity contribution is -0.384. The van der Waals surface area contributed by atoms with Gasteiger partial charge in [-0.2, -0.15) is 8.42 Å². The zero-order valence-corrected chi connectivity index (χ0v) is 18.8. The first-order valence-electron chi connectivity index (χ1n) is 10.1. The molecule has 3 aromatic carbocycles. The van der Waals surface area contributed by atoms with Crippen LogP contribution in [0.3, 0.4) is 0 Å². The predicted molar refractivity (Wildman–Crippen MR) is 124 cm³/mol. The highest BCUT2D eigenvalue weighted by Crippen LogP contribution is 2.34. The standard InChI is InChI=1S/C23H19N3O7S/c1-32-20-8-4-3-7-19(20)25(22-18-6-2-5-9-21(18)34(30,31)24-22)14-15-33-23(27)16-10-12-17(13-11-16)26(28)29/h2-13H,14-15H2,1H3. The van der Waals surface area contributed by atoms with E-state index < -0.39 is 20.9 Å². The van der Waals surface area contributed by atoms with Crippen molar-refractivity contribution in [3.8, 4) is 5.75 Å². The molecule has 0 saturated heterocycles. The normalized spacial score (nSPS) is 13.5. The van der Waals surface area contributed by atoms with Crippen molar-refractivity contribution in [1.82, 2.24) is 0 Å². The van der Waals surface area contributed by atoms with Crippen LogP contribution in [0, 0.1) is 10.1 Å². The first kappa shape index (κ1) is 22.9. The van der Waals surface area contributed by atoms with Gasteiger partial charge in [-0.05, 0) is 36.4 Å². The second kappa shape index (κ2) is 9.32. The maximum absolute atomic E-state index is 12.6. The molecule has 0 amide bonds. The number of fused-ring (bicyclic) bond motifs is 1. The van der Waals surface area contributed by atoms with Crippen LogP contribution in [0.1, 0.15) is 15.9 Å². The zero-order valence-electron chi connectivity index (χ0n) is 18.0. The second-order valence-electron chi connectivity index (χ2n) is 7.15. The summed E-state index contributed by atoms with van der Waals surface area (Å²) in [5, 5.41) is 10.8. The summed E-state index contributed by atoms with van der Waals surface area (Å²) >= 11 is 0. The summed E-state index contributed by atoms with van der Waals surface area (Å²) in [5.74, 6) is -0.00332. The minimum atomic E-state index is -3.88. The first-order valence-corrected chi connectivity index (χ1v) is 11.5. The largest absolute Gasteiger partial charge is 0.495 e. The minimum Gasteiger partial charge on any atom is -0.495 e. The molecule has 0 aliphatic carbocycles. The minimum absolute atomic E-state index is 0.0712. The van der Waals surface area contributed by atoms with Crippen molar-refractivity contribution < 1.29 is 27.6 Å². The van der Waals surface area contributed by atoms with Crippen LogP contribution in [-0.2, 0) is 14.8 Å². The third kappa shape index (κ3) is 4.46. The van der Waals surface area contributed by atoms with E-state index in [0.717, 1.165) is 0 Å². The average molecular weight is 481 g/mol. The molecule has 0 bridgehead atoms. The third-order valence-electron chi connectivity index (χ3n) is 5.11. The Kier molecular flexibility index (Phi) is 6.28. The Balaban J connectivity index is 1.60. The van der Waals surface area contributed by atoms with E-state index in [1.54, 1.807) is 47.4 Å². The van der Waals surface area contributed by atoms with Gasteiger partial charge in [0.05, 0.1) is 29.8 Å². The molecule has 1 heterocycles. The molecular weight excluding hydrogens is 462 g/mol. The van der Waals surface area contributed by atoms with Gasteiger partial charge < -0.3 is 14.4 Å². The van der Waals surface area contributed by atoms with Crippen LogP contribution in [0.15, 0.2) is 82.1 Å². The highest BCUT2D eigenvalue weighted by atomic mass is 32.2. The number of amidine groups is 1. The molecule has 174 valence electrons. The van der Waals surface area contributed by atoms with Crippen molar-refractivity contribution in [2.45, 2.75) is 4.90 Å². The summed E-state index contributed by atoms with van der Waals surface area (Å²) in [6.07, 6.45) is 0. The number of hydrogen-bond donors (Lipinski definition) is 0. The highest BCUT2D eigenvalue weighted by Gasteiger charge is 2.33. The molecule has 0 radical (unpaired) electrons. The molecule has 0 unspecified atom stereocenters. The molecule has 1 aliphatic rings. The SMILES string of the molecule is COc1ccccc1N(CCOC(=O)c1ccc([N+](=O)[O-])cc1)C1=NS(=O)(=O)c2ccccc21. The number of nitro groups is 1. The molecule has 10 nitrogen and oxygen atoms in total. The molecule has 0 saturated carbocycles. The van der Waals surface area contributed by atoms with Crippen LogP contribution in [0.2, 0.25) is 0 Å². The topological polar surface area (TPSA) is 128 Å². The van der Waals surface area contributed by atoms with E-state index in [9.17, 15) is 23.3 Å². The zero-order chi connectivity index (χ0) is 24.3. The van der Waals surface area contributed by atoms with Crippen LogP contribution in [0.25, 0.3) is 0 Å². The van der Waals surface area contributed by atoms with E-state index >= 15 is 0 Å². The first-order chi connectivity index (χ1) is 16.3. The van der Waals surface area contributed by atoms with Gasteiger partial charge in [0.2, 0.25) is 0 Å². The summed E-state index contributed by atoms with van der Waals surface area (Å²) in [6, 6.07) is 18.5. The third-order valence-corrected chi connectivity index (χ3v) is 6.43. The maximum atomic E-state index is 12.6. The number of ether oxygens (including phenoxy) is 2. The van der Waals surface area contributed by atoms with Crippen LogP contribution in [0.5, 0.6) is 5.75 Å². The van der Waals surface area contributed by atoms with E-state index in [1.165, 1.54) is 37.4 Å². The number of para-hydroxylation sites is 2. The van der Waals surface area contributed by atoms with E-state index in [1.807, 2.05) is 0 Å². The number of sulfonamides is 1. The summed E-state index contributed by atoms with van der Waals surface area (Å²) in [7, 11) is -2.39. The van der Waals surface area contributed by atoms with Crippen LogP contribution < -0.4 is 9.64 Å². The number of rotatable bonds is 7. The number of nitrogens with zero attached hydrogens (tertiary/aromatic N) is 3. The molecule has 0 spiro atoms. The fraction of sp³-hybridized carbons (Fsp3) is 0.130. The van der Waals surface area contributed by atoms with Gasteiger partial charge in [-0.25, -0.2) is 4.79 Å². The Labute approximate surface area is 195 Å². The Bertz CT molecular complexity index is 1390. The second-order valence-corrected chi connectivity index (χ2v) is 8.72. The summed E-state index contributed by atoms with van der Waals surface area (Å²) in [4.78, 5) is 24.4. The van der Waals surface area contributed by atoms with E-state index in [0.29, 0.717) is 17.0 Å². The number of carbonyl (C=O) groups excluding carboxylic acids is 1. The fourth-order valence-electron chi connectivity index (χ4n) is 3.51. The van der Waals surface area contributed by atoms with Crippen LogP contribution in [-0.4, -0.2) is 45.4 Å². The van der Waals surface area contributed by atoms with Crippen molar-refractivity contribution in [2.75, 3.05) is 25.2 Å². The summed E-state index contributed by atoms with van der Waals surface area (Å²) in [5.41, 5.74) is 0.982. The number of nitro benzene ring substituents is 1. The summed E-state index contributed by atoms with van der Waals surface area (Å²) in [6.45, 7) is -0.0448. The van der Waals surface area contributed by atoms with Crippen molar-refractivity contribution in [3.63, 3.8) is 0 Å². The number of hydrogen-bond acceptors (Lipinski definition) is 8. The lowest BCUT2D eigenvalue weighted by atomic mass is 10.1. The molecular formula is C23H19N3O7S. The number of benzene rings is 3. The van der Waals surface area contributed by atoms with Gasteiger partial charge >= 0.3 is 5.97 Å². The van der Waals surface area contributed by atoms with E-state index in [4.69, 9.17) is 9.47 Å². The van der Waals surface area contributed by atoms with Gasteiger partial charge in [-0.15, -0.1) is 4.40 Å². The number of anilines is 1. The lowest BCUT2D eigenvalue weighted by Gasteiger charge is -2.26. The molecule has 1 aliphatic heterocycles. The number of methoxy groups -OCH3 is 1. The maximum Gasteiger partial charge on any atom is 0.338 e. The highest BCUT2D eigenvalue weighted by molar-refractivity contribution is 7.90. The molecule has 4 rings (SSSR count). The number of non-ortho nitro benzene ring substituents is 1. The smallest absolute Gasteiger partial charge is 0.338 e. The van der Waals surface area contributed by atoms with E-state index in [-0.39, 0.29) is 35.1 Å².